The Kier molecular flexibility index (Phi) is 5.11. The fourth-order valence-corrected chi connectivity index (χ4v) is 4.98. The zero-order chi connectivity index (χ0) is 21.5. The molecule has 2 heterocycles. The largest absolute Gasteiger partial charge is 0.481 e. The van der Waals surface area contributed by atoms with Crippen molar-refractivity contribution in [3.05, 3.63) is 70.9 Å². The average molecular weight is 426 g/mol. The molecule has 0 radical (unpaired) electrons. The van der Waals surface area contributed by atoms with E-state index >= 15 is 0 Å². The highest BCUT2D eigenvalue weighted by molar-refractivity contribution is 7.90. The maximum atomic E-state index is 12.9. The minimum Gasteiger partial charge on any atom is -0.481 e. The van der Waals surface area contributed by atoms with Gasteiger partial charge in [0, 0.05) is 5.56 Å². The molecule has 0 saturated heterocycles. The zero-order valence-electron chi connectivity index (χ0n) is 17.0. The summed E-state index contributed by atoms with van der Waals surface area (Å²) in [5.74, 6) is 0.317. The first-order chi connectivity index (χ1) is 14.2. The van der Waals surface area contributed by atoms with Gasteiger partial charge in [-0.2, -0.15) is 5.10 Å². The fourth-order valence-electron chi connectivity index (χ4n) is 3.49. The number of benzene rings is 2. The van der Waals surface area contributed by atoms with Crippen LogP contribution in [0.25, 0.3) is 5.69 Å². The Labute approximate surface area is 175 Å². The second-order valence-corrected chi connectivity index (χ2v) is 9.56. The van der Waals surface area contributed by atoms with Gasteiger partial charge < -0.3 is 10.1 Å². The van der Waals surface area contributed by atoms with E-state index in [-0.39, 0.29) is 17.4 Å². The molecule has 1 aliphatic heterocycles. The van der Waals surface area contributed by atoms with Crippen LogP contribution in [-0.4, -0.2) is 30.2 Å². The fraction of sp³-hybridized carbons (Fsp3) is 0.273. The number of hydrogen-bond acceptors (Lipinski definition) is 5. The highest BCUT2D eigenvalue weighted by Crippen LogP contribution is 2.34. The molecule has 2 aromatic carbocycles. The average Bonchev–Trinajstić information content (AvgIpc) is 3.17. The number of sulfone groups is 1. The molecule has 8 heteroatoms. The van der Waals surface area contributed by atoms with Gasteiger partial charge in [-0.15, -0.1) is 0 Å². The van der Waals surface area contributed by atoms with Crippen LogP contribution in [0, 0.1) is 13.8 Å². The van der Waals surface area contributed by atoms with Gasteiger partial charge in [0.15, 0.2) is 15.9 Å². The van der Waals surface area contributed by atoms with Gasteiger partial charge in [0.1, 0.15) is 11.6 Å². The molecule has 0 bridgehead atoms. The van der Waals surface area contributed by atoms with E-state index in [1.165, 1.54) is 0 Å². The van der Waals surface area contributed by atoms with E-state index in [4.69, 9.17) is 4.74 Å². The Morgan fingerprint density at radius 1 is 1.10 bits per heavy atom. The number of hydrogen-bond donors (Lipinski definition) is 1. The van der Waals surface area contributed by atoms with Crippen molar-refractivity contribution in [3.63, 3.8) is 0 Å². The number of nitrogens with one attached hydrogen (secondary N) is 1. The van der Waals surface area contributed by atoms with E-state index in [1.807, 2.05) is 50.2 Å². The van der Waals surface area contributed by atoms with Crippen LogP contribution in [0.1, 0.15) is 29.3 Å². The Hall–Kier alpha value is -3.13. The maximum absolute atomic E-state index is 12.9. The summed E-state index contributed by atoms with van der Waals surface area (Å²) in [6.45, 7) is 5.62. The molecule has 1 aliphatic rings. The number of para-hydroxylation sites is 1. The summed E-state index contributed by atoms with van der Waals surface area (Å²) in [5, 5.41) is 7.40. The van der Waals surface area contributed by atoms with Gasteiger partial charge in [-0.1, -0.05) is 30.3 Å². The summed E-state index contributed by atoms with van der Waals surface area (Å²) in [5.41, 5.74) is 3.90. The van der Waals surface area contributed by atoms with Crippen molar-refractivity contribution < 1.29 is 17.9 Å². The quantitative estimate of drug-likeness (QED) is 0.677. The summed E-state index contributed by atoms with van der Waals surface area (Å²) >= 11 is 0. The molecule has 3 aromatic rings. The maximum Gasteiger partial charge on any atom is 0.266 e. The highest BCUT2D eigenvalue weighted by atomic mass is 32.2. The molecule has 30 heavy (non-hydrogen) atoms. The zero-order valence-corrected chi connectivity index (χ0v) is 17.9. The van der Waals surface area contributed by atoms with Crippen molar-refractivity contribution >= 4 is 21.6 Å². The molecule has 1 N–H and O–H groups in total. The number of rotatable bonds is 5. The summed E-state index contributed by atoms with van der Waals surface area (Å²) in [6, 6.07) is 14.9. The lowest BCUT2D eigenvalue weighted by molar-refractivity contribution is -0.122. The Balaban J connectivity index is 1.69. The third kappa shape index (κ3) is 3.82. The van der Waals surface area contributed by atoms with Crippen molar-refractivity contribution in [2.75, 3.05) is 5.32 Å². The molecule has 0 aliphatic carbocycles. The van der Waals surface area contributed by atoms with Gasteiger partial charge in [0.05, 0.1) is 22.9 Å². The van der Waals surface area contributed by atoms with Crippen LogP contribution in [0.3, 0.4) is 0 Å². The molecule has 4 rings (SSSR count). The van der Waals surface area contributed by atoms with Gasteiger partial charge in [0.2, 0.25) is 0 Å². The lowest BCUT2D eigenvalue weighted by Gasteiger charge is -2.17. The number of anilines is 1. The lowest BCUT2D eigenvalue weighted by Crippen LogP contribution is -2.31. The Bertz CT molecular complexity index is 1220. The Morgan fingerprint density at radius 3 is 2.57 bits per heavy atom. The first kappa shape index (κ1) is 20.2. The molecular formula is C22H23N3O4S. The van der Waals surface area contributed by atoms with Crippen LogP contribution in [0.2, 0.25) is 0 Å². The monoisotopic (exact) mass is 425 g/mol. The summed E-state index contributed by atoms with van der Waals surface area (Å²) in [7, 11) is -3.26. The number of ether oxygens (including phenoxy) is 1. The third-order valence-corrected chi connectivity index (χ3v) is 6.70. The van der Waals surface area contributed by atoms with Gasteiger partial charge in [0.25, 0.3) is 5.91 Å². The van der Waals surface area contributed by atoms with Crippen molar-refractivity contribution in [1.29, 1.82) is 0 Å². The van der Waals surface area contributed by atoms with Crippen LogP contribution < -0.4 is 10.1 Å². The molecule has 156 valence electrons. The second kappa shape index (κ2) is 7.60. The minimum absolute atomic E-state index is 0.126. The molecule has 1 aromatic heterocycles. The van der Waals surface area contributed by atoms with Crippen molar-refractivity contribution in [2.24, 2.45) is 0 Å². The molecule has 1 amide bonds. The smallest absolute Gasteiger partial charge is 0.266 e. The van der Waals surface area contributed by atoms with Crippen molar-refractivity contribution in [2.45, 2.75) is 38.4 Å². The van der Waals surface area contributed by atoms with E-state index < -0.39 is 15.9 Å². The first-order valence-corrected chi connectivity index (χ1v) is 11.5. The normalized spacial score (nSPS) is 15.4. The SMILES string of the molecule is Cc1cccc(-n2nc3c(c2NC(=O)C(C)Oc2ccccc2)CS(=O)(=O)C3)c1C. The molecule has 0 saturated carbocycles. The minimum atomic E-state index is -3.26. The first-order valence-electron chi connectivity index (χ1n) is 9.65. The molecule has 1 unspecified atom stereocenters. The molecular weight excluding hydrogens is 402 g/mol. The van der Waals surface area contributed by atoms with Crippen LogP contribution in [0.4, 0.5) is 5.82 Å². The number of carbonyl (C=O) groups is 1. The molecule has 0 spiro atoms. The number of amides is 1. The Morgan fingerprint density at radius 2 is 1.83 bits per heavy atom. The predicted molar refractivity (Wildman–Crippen MR) is 115 cm³/mol. The van der Waals surface area contributed by atoms with E-state index in [9.17, 15) is 13.2 Å². The van der Waals surface area contributed by atoms with Gasteiger partial charge in [-0.25, -0.2) is 13.1 Å². The van der Waals surface area contributed by atoms with Crippen molar-refractivity contribution in [1.82, 2.24) is 9.78 Å². The lowest BCUT2D eigenvalue weighted by atomic mass is 10.1. The van der Waals surface area contributed by atoms with Gasteiger partial charge in [-0.3, -0.25) is 4.79 Å². The standard InChI is InChI=1S/C22H23N3O4S/c1-14-8-7-11-20(15(14)2)25-21(18-12-30(27,28)13-19(18)24-25)23-22(26)16(3)29-17-9-5-4-6-10-17/h4-11,16H,12-13H2,1-3H3,(H,23,26). The number of aromatic nitrogens is 2. The second-order valence-electron chi connectivity index (χ2n) is 7.50. The van der Waals surface area contributed by atoms with Crippen molar-refractivity contribution in [3.8, 4) is 11.4 Å². The summed E-state index contributed by atoms with van der Waals surface area (Å²) in [4.78, 5) is 12.9. The highest BCUT2D eigenvalue weighted by Gasteiger charge is 2.34. The predicted octanol–water partition coefficient (Wildman–Crippen LogP) is 3.32. The third-order valence-electron chi connectivity index (χ3n) is 5.26. The van der Waals surface area contributed by atoms with E-state index in [1.54, 1.807) is 23.7 Å². The van der Waals surface area contributed by atoms with Crippen LogP contribution >= 0.6 is 0 Å². The van der Waals surface area contributed by atoms with Crippen LogP contribution in [0.5, 0.6) is 5.75 Å². The van der Waals surface area contributed by atoms with Crippen LogP contribution in [0.15, 0.2) is 48.5 Å². The topological polar surface area (TPSA) is 90.3 Å². The van der Waals surface area contributed by atoms with E-state index in [0.717, 1.165) is 16.8 Å². The number of fused-ring (bicyclic) bond motifs is 1. The van der Waals surface area contributed by atoms with E-state index in [0.29, 0.717) is 22.8 Å². The molecule has 7 nitrogen and oxygen atoms in total. The summed E-state index contributed by atoms with van der Waals surface area (Å²) in [6.07, 6.45) is -0.775. The van der Waals surface area contributed by atoms with Gasteiger partial charge >= 0.3 is 0 Å². The number of carbonyl (C=O) groups excluding carboxylic acids is 1. The molecule has 0 fully saturated rings. The molecule has 1 atom stereocenters. The number of aryl methyl sites for hydroxylation is 1. The summed E-state index contributed by atoms with van der Waals surface area (Å²) < 4.78 is 31.6. The van der Waals surface area contributed by atoms with Crippen LogP contribution in [-0.2, 0) is 26.1 Å². The van der Waals surface area contributed by atoms with E-state index in [2.05, 4.69) is 10.4 Å². The number of nitrogens with zero attached hydrogens (tertiary/aromatic N) is 2. The van der Waals surface area contributed by atoms with Gasteiger partial charge in [-0.05, 0) is 50.1 Å².